The van der Waals surface area contributed by atoms with Gasteiger partial charge in [-0.15, -0.1) is 0 Å². The van der Waals surface area contributed by atoms with Crippen LogP contribution >= 0.6 is 11.8 Å². The fourth-order valence-electron chi connectivity index (χ4n) is 2.19. The third-order valence-corrected chi connectivity index (χ3v) is 4.77. The highest BCUT2D eigenvalue weighted by Gasteiger charge is 2.44. The summed E-state index contributed by atoms with van der Waals surface area (Å²) in [5.41, 5.74) is 0.203. The molecule has 0 bridgehead atoms. The van der Waals surface area contributed by atoms with Gasteiger partial charge >= 0.3 is 24.3 Å². The van der Waals surface area contributed by atoms with Crippen LogP contribution < -0.4 is 9.47 Å². The summed E-state index contributed by atoms with van der Waals surface area (Å²) in [5.74, 6) is -7.19. The summed E-state index contributed by atoms with van der Waals surface area (Å²) in [7, 11) is 0. The number of rotatable bonds is 4. The molecule has 2 rings (SSSR count). The van der Waals surface area contributed by atoms with Crippen molar-refractivity contribution in [2.75, 3.05) is 0 Å². The van der Waals surface area contributed by atoms with Gasteiger partial charge in [0, 0.05) is 15.4 Å². The fraction of sp³-hybridized carbons (Fsp3) is 0.222. The number of carbonyl (C=O) groups is 2. The molecule has 0 amide bonds. The number of halogens is 6. The molecule has 11 heteroatoms. The number of carbonyl (C=O) groups excluding carboxylic acids is 2. The predicted molar refractivity (Wildman–Crippen MR) is 89.9 cm³/mol. The molecule has 0 aliphatic carbocycles. The van der Waals surface area contributed by atoms with Gasteiger partial charge in [0.2, 0.25) is 0 Å². The van der Waals surface area contributed by atoms with E-state index < -0.39 is 35.8 Å². The van der Waals surface area contributed by atoms with Crippen LogP contribution in [0.15, 0.2) is 46.2 Å². The quantitative estimate of drug-likeness (QED) is 0.364. The first-order chi connectivity index (χ1) is 13.3. The van der Waals surface area contributed by atoms with Gasteiger partial charge in [0.15, 0.2) is 11.5 Å². The third-order valence-electron chi connectivity index (χ3n) is 3.43. The molecule has 156 valence electrons. The van der Waals surface area contributed by atoms with Crippen molar-refractivity contribution in [3.05, 3.63) is 47.5 Å². The van der Waals surface area contributed by atoms with Crippen LogP contribution in [-0.2, 0) is 9.59 Å². The minimum atomic E-state index is -5.41. The van der Waals surface area contributed by atoms with Crippen LogP contribution in [0.1, 0.15) is 11.1 Å². The molecule has 0 spiro atoms. The summed E-state index contributed by atoms with van der Waals surface area (Å²) < 4.78 is 83.8. The summed E-state index contributed by atoms with van der Waals surface area (Å²) in [6, 6.07) is 9.44. The van der Waals surface area contributed by atoms with E-state index in [9.17, 15) is 35.9 Å². The molecular weight excluding hydrogens is 426 g/mol. The zero-order valence-electron chi connectivity index (χ0n) is 14.8. The van der Waals surface area contributed by atoms with E-state index in [-0.39, 0.29) is 5.56 Å². The van der Waals surface area contributed by atoms with Crippen LogP contribution in [0, 0.1) is 13.8 Å². The Balaban J connectivity index is 2.55. The molecule has 2 aromatic carbocycles. The average Bonchev–Trinajstić information content (AvgIpc) is 2.61. The van der Waals surface area contributed by atoms with Gasteiger partial charge in [0.25, 0.3) is 0 Å². The van der Waals surface area contributed by atoms with E-state index in [1.54, 1.807) is 30.3 Å². The number of alkyl halides is 6. The number of aryl methyl sites for hydroxylation is 1. The van der Waals surface area contributed by atoms with Gasteiger partial charge in [-0.05, 0) is 37.6 Å². The van der Waals surface area contributed by atoms with Crippen molar-refractivity contribution in [2.24, 2.45) is 0 Å². The second-order valence-corrected chi connectivity index (χ2v) is 6.75. The van der Waals surface area contributed by atoms with E-state index in [1.807, 2.05) is 0 Å². The number of hydrogen-bond acceptors (Lipinski definition) is 5. The van der Waals surface area contributed by atoms with Crippen molar-refractivity contribution in [3.8, 4) is 11.5 Å². The number of esters is 2. The first-order valence-electron chi connectivity index (χ1n) is 7.75. The van der Waals surface area contributed by atoms with Crippen molar-refractivity contribution in [3.63, 3.8) is 0 Å². The smallest absolute Gasteiger partial charge is 0.416 e. The molecule has 0 atom stereocenters. The summed E-state index contributed by atoms with van der Waals surface area (Å²) >= 11 is 1.09. The minimum Gasteiger partial charge on any atom is -0.416 e. The van der Waals surface area contributed by atoms with Crippen molar-refractivity contribution >= 4 is 23.7 Å². The minimum absolute atomic E-state index is 0.0959. The van der Waals surface area contributed by atoms with E-state index in [0.29, 0.717) is 15.4 Å². The van der Waals surface area contributed by atoms with E-state index in [0.717, 1.165) is 17.8 Å². The Labute approximate surface area is 164 Å². The van der Waals surface area contributed by atoms with Gasteiger partial charge in [0.1, 0.15) is 0 Å². The fourth-order valence-corrected chi connectivity index (χ4v) is 3.18. The van der Waals surface area contributed by atoms with Gasteiger partial charge in [-0.1, -0.05) is 30.0 Å². The molecule has 0 heterocycles. The van der Waals surface area contributed by atoms with Crippen LogP contribution in [0.4, 0.5) is 26.3 Å². The summed E-state index contributed by atoms with van der Waals surface area (Å²) in [6.45, 7) is 2.70. The molecule has 29 heavy (non-hydrogen) atoms. The van der Waals surface area contributed by atoms with E-state index in [4.69, 9.17) is 0 Å². The van der Waals surface area contributed by atoms with Crippen LogP contribution in [0.3, 0.4) is 0 Å². The predicted octanol–water partition coefficient (Wildman–Crippen LogP) is 5.39. The van der Waals surface area contributed by atoms with Crippen LogP contribution in [-0.4, -0.2) is 24.3 Å². The van der Waals surface area contributed by atoms with Crippen molar-refractivity contribution < 1.29 is 45.4 Å². The molecule has 0 unspecified atom stereocenters. The molecule has 0 saturated heterocycles. The summed E-state index contributed by atoms with van der Waals surface area (Å²) in [6.07, 6.45) is -10.8. The van der Waals surface area contributed by atoms with Gasteiger partial charge in [-0.25, -0.2) is 9.59 Å². The Morgan fingerprint density at radius 3 is 1.90 bits per heavy atom. The molecule has 4 nitrogen and oxygen atoms in total. The van der Waals surface area contributed by atoms with E-state index >= 15 is 0 Å². The lowest BCUT2D eigenvalue weighted by Crippen LogP contribution is -2.30. The zero-order valence-corrected chi connectivity index (χ0v) is 15.6. The molecule has 0 saturated carbocycles. The number of hydrogen-bond donors (Lipinski definition) is 0. The molecule has 0 radical (unpaired) electrons. The van der Waals surface area contributed by atoms with Gasteiger partial charge in [0.05, 0.1) is 0 Å². The largest absolute Gasteiger partial charge is 0.491 e. The maximum atomic E-state index is 12.6. The highest BCUT2D eigenvalue weighted by molar-refractivity contribution is 7.99. The monoisotopic (exact) mass is 438 g/mol. The van der Waals surface area contributed by atoms with Crippen molar-refractivity contribution in [2.45, 2.75) is 36.0 Å². The molecular formula is C18H12F6O4S. The second-order valence-electron chi connectivity index (χ2n) is 5.66. The average molecular weight is 438 g/mol. The first-order valence-corrected chi connectivity index (χ1v) is 8.57. The van der Waals surface area contributed by atoms with Crippen LogP contribution in [0.25, 0.3) is 0 Å². The van der Waals surface area contributed by atoms with E-state index in [1.165, 1.54) is 13.8 Å². The van der Waals surface area contributed by atoms with Gasteiger partial charge < -0.3 is 9.47 Å². The zero-order chi connectivity index (χ0) is 22.0. The summed E-state index contributed by atoms with van der Waals surface area (Å²) in [4.78, 5) is 23.4. The Bertz CT molecular complexity index is 923. The Kier molecular flexibility index (Phi) is 6.51. The van der Waals surface area contributed by atoms with Crippen LogP contribution in [0.5, 0.6) is 11.5 Å². The molecule has 0 N–H and O–H groups in total. The van der Waals surface area contributed by atoms with Gasteiger partial charge in [-0.3, -0.25) is 0 Å². The standard InChI is InChI=1S/C18H12F6O4S/c1-9-8-12(27-15(25)17(19,20)21)13(28-16(26)18(22,23)24)10(2)14(9)29-11-6-4-3-5-7-11/h3-8H,1-2H3. The van der Waals surface area contributed by atoms with Crippen LogP contribution in [0.2, 0.25) is 0 Å². The Hall–Kier alpha value is -2.69. The van der Waals surface area contributed by atoms with Crippen molar-refractivity contribution in [1.82, 2.24) is 0 Å². The first kappa shape index (κ1) is 22.6. The molecule has 0 fully saturated rings. The highest BCUT2D eigenvalue weighted by Crippen LogP contribution is 2.43. The lowest BCUT2D eigenvalue weighted by molar-refractivity contribution is -0.191. The second kappa shape index (κ2) is 8.36. The Morgan fingerprint density at radius 1 is 0.862 bits per heavy atom. The van der Waals surface area contributed by atoms with Gasteiger partial charge in [-0.2, -0.15) is 26.3 Å². The highest BCUT2D eigenvalue weighted by atomic mass is 32.2. The SMILES string of the molecule is Cc1cc(OC(=O)C(F)(F)F)c(OC(=O)C(F)(F)F)c(C)c1Sc1ccccc1. The summed E-state index contributed by atoms with van der Waals surface area (Å²) in [5, 5.41) is 0. The third kappa shape index (κ3) is 5.66. The number of ether oxygens (including phenoxy) is 2. The molecule has 2 aromatic rings. The lowest BCUT2D eigenvalue weighted by atomic mass is 10.1. The molecule has 0 aliphatic heterocycles. The maximum Gasteiger partial charge on any atom is 0.491 e. The lowest BCUT2D eigenvalue weighted by Gasteiger charge is -2.18. The number of benzene rings is 2. The maximum absolute atomic E-state index is 12.6. The Morgan fingerprint density at radius 2 is 1.38 bits per heavy atom. The van der Waals surface area contributed by atoms with E-state index in [2.05, 4.69) is 9.47 Å². The topological polar surface area (TPSA) is 52.6 Å². The molecule has 0 aromatic heterocycles. The normalized spacial score (nSPS) is 11.9. The van der Waals surface area contributed by atoms with Crippen molar-refractivity contribution in [1.29, 1.82) is 0 Å². The molecule has 0 aliphatic rings.